The van der Waals surface area contributed by atoms with Gasteiger partial charge >= 0.3 is 6.18 Å². The minimum Gasteiger partial charge on any atom is -0.404 e. The van der Waals surface area contributed by atoms with Crippen LogP contribution in [-0.2, 0) is 20.6 Å². The van der Waals surface area contributed by atoms with Gasteiger partial charge in [-0.15, -0.1) is 0 Å². The van der Waals surface area contributed by atoms with Crippen molar-refractivity contribution in [3.8, 4) is 11.3 Å². The number of hydrogen-bond donors (Lipinski definition) is 2. The predicted molar refractivity (Wildman–Crippen MR) is 145 cm³/mol. The fraction of sp³-hybridized carbons (Fsp3) is 0.519. The number of pyridine rings is 1. The summed E-state index contributed by atoms with van der Waals surface area (Å²) in [6.07, 6.45) is -6.95. The fourth-order valence-electron chi connectivity index (χ4n) is 3.69. The second-order valence-corrected chi connectivity index (χ2v) is 16.0. The molecule has 1 heterocycles. The summed E-state index contributed by atoms with van der Waals surface area (Å²) in [5, 5.41) is 4.46. The van der Waals surface area contributed by atoms with E-state index in [1.807, 2.05) is 20.8 Å². The summed E-state index contributed by atoms with van der Waals surface area (Å²) in [7, 11) is -2.86. The molecule has 2 unspecified atom stereocenters. The number of benzene rings is 1. The third-order valence-corrected chi connectivity index (χ3v) is 11.2. The number of carbonyl (C=O) groups excluding carboxylic acids is 2. The molecule has 0 bridgehead atoms. The highest BCUT2D eigenvalue weighted by Gasteiger charge is 2.52. The van der Waals surface area contributed by atoms with Crippen molar-refractivity contribution in [2.45, 2.75) is 84.5 Å². The zero-order valence-electron chi connectivity index (χ0n) is 23.2. The van der Waals surface area contributed by atoms with E-state index >= 15 is 0 Å². The van der Waals surface area contributed by atoms with E-state index in [0.29, 0.717) is 11.3 Å². The number of rotatable bonds is 9. The van der Waals surface area contributed by atoms with Crippen LogP contribution < -0.4 is 16.2 Å². The normalized spacial score (nSPS) is 14.2. The third kappa shape index (κ3) is 7.79. The standard InChI is InChI=1S/C27H38F3N3O4Si/c1-17(2)23(24(27(28,29)30)37-38(7,8)26(4,5)6)32-22(35)16-33-21(19-12-10-9-11-13-19)15-14-20(25(33)36)31-18(3)34/h9-15,17,23-24H,16H2,1-8H3,(H,31,34)(H,32,35). The number of carbonyl (C=O) groups is 2. The molecule has 2 amide bonds. The van der Waals surface area contributed by atoms with E-state index in [-0.39, 0.29) is 5.69 Å². The Morgan fingerprint density at radius 3 is 2.08 bits per heavy atom. The molecule has 2 atom stereocenters. The van der Waals surface area contributed by atoms with Crippen LogP contribution in [0.25, 0.3) is 11.3 Å². The first-order chi connectivity index (χ1) is 17.3. The summed E-state index contributed by atoms with van der Waals surface area (Å²) in [6.45, 7) is 12.8. The number of nitrogens with one attached hydrogen (secondary N) is 2. The molecule has 0 radical (unpaired) electrons. The smallest absolute Gasteiger partial charge is 0.404 e. The average Bonchev–Trinajstić information content (AvgIpc) is 2.77. The number of halogens is 3. The lowest BCUT2D eigenvalue weighted by Gasteiger charge is -2.42. The van der Waals surface area contributed by atoms with Gasteiger partial charge in [-0.3, -0.25) is 19.0 Å². The molecule has 2 rings (SSSR count). The van der Waals surface area contributed by atoms with E-state index in [0.717, 1.165) is 4.57 Å². The van der Waals surface area contributed by atoms with E-state index in [2.05, 4.69) is 10.6 Å². The first kappa shape index (κ1) is 31.3. The zero-order valence-corrected chi connectivity index (χ0v) is 24.2. The maximum absolute atomic E-state index is 14.3. The van der Waals surface area contributed by atoms with Crippen molar-refractivity contribution in [2.24, 2.45) is 5.92 Å². The molecule has 38 heavy (non-hydrogen) atoms. The van der Waals surface area contributed by atoms with Gasteiger partial charge in [0.15, 0.2) is 14.4 Å². The first-order valence-corrected chi connectivity index (χ1v) is 15.4. The van der Waals surface area contributed by atoms with Gasteiger partial charge in [0.05, 0.1) is 11.7 Å². The lowest BCUT2D eigenvalue weighted by Crippen LogP contribution is -2.59. The molecular formula is C27H38F3N3O4Si. The van der Waals surface area contributed by atoms with Crippen molar-refractivity contribution < 1.29 is 27.2 Å². The molecule has 0 aliphatic rings. The first-order valence-electron chi connectivity index (χ1n) is 12.5. The van der Waals surface area contributed by atoms with Crippen molar-refractivity contribution in [3.63, 3.8) is 0 Å². The highest BCUT2D eigenvalue weighted by atomic mass is 28.4. The van der Waals surface area contributed by atoms with Crippen LogP contribution in [-0.4, -0.2) is 43.0 Å². The molecule has 11 heteroatoms. The van der Waals surface area contributed by atoms with E-state index in [1.165, 1.54) is 13.0 Å². The van der Waals surface area contributed by atoms with Crippen LogP contribution in [0.2, 0.25) is 18.1 Å². The molecule has 1 aromatic heterocycles. The van der Waals surface area contributed by atoms with Gasteiger partial charge in [-0.25, -0.2) is 0 Å². The molecule has 2 N–H and O–H groups in total. The van der Waals surface area contributed by atoms with Crippen molar-refractivity contribution in [2.75, 3.05) is 5.32 Å². The Kier molecular flexibility index (Phi) is 9.76. The van der Waals surface area contributed by atoms with Crippen LogP contribution in [0.3, 0.4) is 0 Å². The van der Waals surface area contributed by atoms with Crippen LogP contribution in [0.4, 0.5) is 18.9 Å². The Balaban J connectivity index is 2.48. The monoisotopic (exact) mass is 553 g/mol. The maximum Gasteiger partial charge on any atom is 0.415 e. The highest BCUT2D eigenvalue weighted by Crippen LogP contribution is 2.41. The number of nitrogens with zero attached hydrogens (tertiary/aromatic N) is 1. The minimum absolute atomic E-state index is 0.0418. The molecule has 0 aliphatic carbocycles. The van der Waals surface area contributed by atoms with Gasteiger partial charge in [0.1, 0.15) is 12.2 Å². The number of alkyl halides is 3. The number of amides is 2. The molecule has 0 saturated carbocycles. The Hall–Kier alpha value is -2.92. The summed E-state index contributed by atoms with van der Waals surface area (Å²) >= 11 is 0. The second kappa shape index (κ2) is 11.9. The highest BCUT2D eigenvalue weighted by molar-refractivity contribution is 6.74. The van der Waals surface area contributed by atoms with Crippen molar-refractivity contribution in [1.29, 1.82) is 0 Å². The lowest BCUT2D eigenvalue weighted by atomic mass is 9.98. The lowest BCUT2D eigenvalue weighted by molar-refractivity contribution is -0.210. The van der Waals surface area contributed by atoms with Crippen molar-refractivity contribution >= 4 is 25.8 Å². The molecule has 2 aromatic rings. The van der Waals surface area contributed by atoms with Crippen LogP contribution in [0.5, 0.6) is 0 Å². The second-order valence-electron chi connectivity index (χ2n) is 11.2. The van der Waals surface area contributed by atoms with Crippen LogP contribution >= 0.6 is 0 Å². The summed E-state index contributed by atoms with van der Waals surface area (Å²) in [6, 6.07) is 10.4. The Bertz CT molecular complexity index is 1190. The maximum atomic E-state index is 14.3. The van der Waals surface area contributed by atoms with Gasteiger partial charge in [0.2, 0.25) is 11.8 Å². The minimum atomic E-state index is -4.73. The van der Waals surface area contributed by atoms with Gasteiger partial charge < -0.3 is 15.1 Å². The number of aromatic nitrogens is 1. The van der Waals surface area contributed by atoms with E-state index in [9.17, 15) is 27.6 Å². The Labute approximate surface area is 222 Å². The summed E-state index contributed by atoms with van der Waals surface area (Å²) in [4.78, 5) is 38.0. The van der Waals surface area contributed by atoms with Crippen molar-refractivity contribution in [1.82, 2.24) is 9.88 Å². The van der Waals surface area contributed by atoms with Gasteiger partial charge in [-0.2, -0.15) is 13.2 Å². The average molecular weight is 554 g/mol. The quantitative estimate of drug-likeness (QED) is 0.398. The molecule has 210 valence electrons. The van der Waals surface area contributed by atoms with Gasteiger partial charge in [0, 0.05) is 6.92 Å². The summed E-state index contributed by atoms with van der Waals surface area (Å²) in [5.41, 5.74) is 0.315. The van der Waals surface area contributed by atoms with E-state index in [1.54, 1.807) is 63.3 Å². The van der Waals surface area contributed by atoms with Gasteiger partial charge in [0.25, 0.3) is 5.56 Å². The molecule has 0 saturated heterocycles. The van der Waals surface area contributed by atoms with E-state index < -0.39 is 61.5 Å². The van der Waals surface area contributed by atoms with Crippen LogP contribution in [0.1, 0.15) is 41.5 Å². The Morgan fingerprint density at radius 2 is 1.61 bits per heavy atom. The largest absolute Gasteiger partial charge is 0.415 e. The third-order valence-electron chi connectivity index (χ3n) is 6.78. The predicted octanol–water partition coefficient (Wildman–Crippen LogP) is 5.57. The van der Waals surface area contributed by atoms with Crippen LogP contribution in [0, 0.1) is 5.92 Å². The van der Waals surface area contributed by atoms with Gasteiger partial charge in [-0.1, -0.05) is 65.0 Å². The SMILES string of the molecule is CC(=O)Nc1ccc(-c2ccccc2)n(CC(=O)NC(C(C)C)C(O[Si](C)(C)C(C)(C)C)C(F)(F)F)c1=O. The molecule has 7 nitrogen and oxygen atoms in total. The molecule has 0 fully saturated rings. The van der Waals surface area contributed by atoms with Crippen LogP contribution in [0.15, 0.2) is 47.3 Å². The van der Waals surface area contributed by atoms with E-state index in [4.69, 9.17) is 4.43 Å². The molecule has 1 aromatic carbocycles. The molecular weight excluding hydrogens is 515 g/mol. The number of anilines is 1. The van der Waals surface area contributed by atoms with Gasteiger partial charge in [-0.05, 0) is 41.7 Å². The molecule has 0 spiro atoms. The zero-order chi connectivity index (χ0) is 29.1. The summed E-state index contributed by atoms with van der Waals surface area (Å²) < 4.78 is 49.9. The summed E-state index contributed by atoms with van der Waals surface area (Å²) in [5.74, 6) is -1.87. The number of hydrogen-bond acceptors (Lipinski definition) is 4. The fourth-order valence-corrected chi connectivity index (χ4v) is 4.95. The Morgan fingerprint density at radius 1 is 1.03 bits per heavy atom. The molecule has 0 aliphatic heterocycles. The topological polar surface area (TPSA) is 89.4 Å². The van der Waals surface area contributed by atoms with Crippen molar-refractivity contribution in [3.05, 3.63) is 52.8 Å².